The zero-order chi connectivity index (χ0) is 17.4. The molecule has 2 rings (SSSR count). The number of rotatable bonds is 6. The van der Waals surface area contributed by atoms with Gasteiger partial charge in [-0.05, 0) is 52.0 Å². The molecule has 0 amide bonds. The summed E-state index contributed by atoms with van der Waals surface area (Å²) in [5.74, 6) is 1.01. The molecule has 1 saturated heterocycles. The van der Waals surface area contributed by atoms with Gasteiger partial charge in [-0.3, -0.25) is 4.99 Å². The number of hydrogen-bond acceptors (Lipinski definition) is 3. The number of guanidine groups is 1. The van der Waals surface area contributed by atoms with Gasteiger partial charge in [-0.25, -0.2) is 0 Å². The average Bonchev–Trinajstić information content (AvgIpc) is 2.58. The summed E-state index contributed by atoms with van der Waals surface area (Å²) in [6.07, 6.45) is 1.19. The first-order chi connectivity index (χ1) is 11.6. The summed E-state index contributed by atoms with van der Waals surface area (Å²) in [5.41, 5.74) is 2.57. The number of benzene rings is 1. The molecule has 1 aromatic carbocycles. The fraction of sp³-hybridized carbons (Fsp3) is 0.632. The summed E-state index contributed by atoms with van der Waals surface area (Å²) < 4.78 is 6.03. The second kappa shape index (κ2) is 9.64. The zero-order valence-corrected chi connectivity index (χ0v) is 15.6. The van der Waals surface area contributed by atoms with Crippen LogP contribution in [0.1, 0.15) is 30.6 Å². The van der Waals surface area contributed by atoms with E-state index in [0.717, 1.165) is 51.7 Å². The molecule has 1 aromatic rings. The van der Waals surface area contributed by atoms with Crippen molar-refractivity contribution in [2.24, 2.45) is 4.99 Å². The predicted octanol–water partition coefficient (Wildman–Crippen LogP) is 2.29. The number of morpholine rings is 1. The predicted molar refractivity (Wildman–Crippen MR) is 101 cm³/mol. The second-order valence-electron chi connectivity index (χ2n) is 6.55. The van der Waals surface area contributed by atoms with E-state index in [-0.39, 0.29) is 6.10 Å². The van der Waals surface area contributed by atoms with Crippen LogP contribution >= 0.6 is 0 Å². The normalized spacial score (nSPS) is 19.0. The lowest BCUT2D eigenvalue weighted by Gasteiger charge is -2.35. The minimum Gasteiger partial charge on any atom is -0.370 e. The Bertz CT molecular complexity index is 530. The summed E-state index contributed by atoms with van der Waals surface area (Å²) in [6, 6.07) is 8.49. The molecule has 1 heterocycles. The van der Waals surface area contributed by atoms with Crippen molar-refractivity contribution < 1.29 is 4.74 Å². The third-order valence-electron chi connectivity index (χ3n) is 4.26. The van der Waals surface area contributed by atoms with Gasteiger partial charge >= 0.3 is 0 Å². The largest absolute Gasteiger partial charge is 0.370 e. The minimum absolute atomic E-state index is 0.116. The van der Waals surface area contributed by atoms with Gasteiger partial charge in [0.2, 0.25) is 0 Å². The number of ether oxygens (including phenoxy) is 1. The van der Waals surface area contributed by atoms with Gasteiger partial charge in [0, 0.05) is 19.6 Å². The molecule has 0 radical (unpaired) electrons. The summed E-state index contributed by atoms with van der Waals surface area (Å²) in [5, 5.41) is 3.43. The van der Waals surface area contributed by atoms with E-state index in [2.05, 4.69) is 67.3 Å². The van der Waals surface area contributed by atoms with Crippen LogP contribution in [0.3, 0.4) is 0 Å². The Hall–Kier alpha value is -1.59. The maximum atomic E-state index is 6.03. The molecule has 0 spiro atoms. The molecule has 1 fully saturated rings. The Morgan fingerprint density at radius 2 is 2.17 bits per heavy atom. The number of hydrogen-bond donors (Lipinski definition) is 1. The number of aryl methyl sites for hydroxylation is 1. The van der Waals surface area contributed by atoms with Crippen LogP contribution < -0.4 is 5.32 Å². The molecule has 1 atom stereocenters. The van der Waals surface area contributed by atoms with Gasteiger partial charge in [-0.2, -0.15) is 0 Å². The Kier molecular flexibility index (Phi) is 7.53. The van der Waals surface area contributed by atoms with Crippen LogP contribution in [-0.2, 0) is 4.74 Å². The lowest BCUT2D eigenvalue weighted by molar-refractivity contribution is -0.00832. The molecule has 1 aliphatic rings. The standard InChI is InChI=1S/C19H32N4O/c1-5-20-19(21-11-8-12-22(3)4)23-13-14-24-18(15-23)17-10-7-6-9-16(17)2/h6-7,9-10,18H,5,8,11-15H2,1-4H3,(H,20,21). The van der Waals surface area contributed by atoms with Crippen LogP contribution in [-0.4, -0.2) is 69.2 Å². The lowest BCUT2D eigenvalue weighted by Crippen LogP contribution is -2.48. The van der Waals surface area contributed by atoms with E-state index in [4.69, 9.17) is 9.73 Å². The lowest BCUT2D eigenvalue weighted by atomic mass is 10.0. The highest BCUT2D eigenvalue weighted by Gasteiger charge is 2.24. The van der Waals surface area contributed by atoms with E-state index in [1.54, 1.807) is 0 Å². The van der Waals surface area contributed by atoms with Crippen LogP contribution in [0.5, 0.6) is 0 Å². The Morgan fingerprint density at radius 3 is 2.88 bits per heavy atom. The smallest absolute Gasteiger partial charge is 0.194 e. The SMILES string of the molecule is CCNC(=NCCCN(C)C)N1CCOC(c2ccccc2C)C1. The molecule has 1 aliphatic heterocycles. The third kappa shape index (κ3) is 5.49. The minimum atomic E-state index is 0.116. The highest BCUT2D eigenvalue weighted by atomic mass is 16.5. The molecular weight excluding hydrogens is 300 g/mol. The molecule has 0 saturated carbocycles. The molecule has 1 N–H and O–H groups in total. The van der Waals surface area contributed by atoms with Crippen molar-refractivity contribution in [2.45, 2.75) is 26.4 Å². The van der Waals surface area contributed by atoms with E-state index in [1.807, 2.05) is 0 Å². The van der Waals surface area contributed by atoms with Crippen LogP contribution in [0.2, 0.25) is 0 Å². The molecule has 134 valence electrons. The second-order valence-corrected chi connectivity index (χ2v) is 6.55. The zero-order valence-electron chi connectivity index (χ0n) is 15.6. The molecule has 0 bridgehead atoms. The van der Waals surface area contributed by atoms with E-state index < -0.39 is 0 Å². The summed E-state index contributed by atoms with van der Waals surface area (Å²) in [6.45, 7) is 9.56. The van der Waals surface area contributed by atoms with Gasteiger partial charge in [0.1, 0.15) is 6.10 Å². The van der Waals surface area contributed by atoms with Gasteiger partial charge in [0.25, 0.3) is 0 Å². The first kappa shape index (κ1) is 18.7. The Balaban J connectivity index is 2.01. The quantitative estimate of drug-likeness (QED) is 0.493. The van der Waals surface area contributed by atoms with E-state index >= 15 is 0 Å². The summed E-state index contributed by atoms with van der Waals surface area (Å²) in [7, 11) is 4.20. The summed E-state index contributed by atoms with van der Waals surface area (Å²) >= 11 is 0. The van der Waals surface area contributed by atoms with E-state index in [0.29, 0.717) is 0 Å². The van der Waals surface area contributed by atoms with Crippen molar-refractivity contribution in [3.63, 3.8) is 0 Å². The van der Waals surface area contributed by atoms with Crippen LogP contribution in [0.4, 0.5) is 0 Å². The van der Waals surface area contributed by atoms with Gasteiger partial charge in [0.15, 0.2) is 5.96 Å². The van der Waals surface area contributed by atoms with Crippen molar-refractivity contribution in [3.05, 3.63) is 35.4 Å². The van der Waals surface area contributed by atoms with Crippen LogP contribution in [0, 0.1) is 6.92 Å². The Morgan fingerprint density at radius 1 is 1.38 bits per heavy atom. The van der Waals surface area contributed by atoms with Crippen LogP contribution in [0.25, 0.3) is 0 Å². The average molecular weight is 332 g/mol. The van der Waals surface area contributed by atoms with Crippen molar-refractivity contribution in [1.29, 1.82) is 0 Å². The molecule has 0 aliphatic carbocycles. The monoisotopic (exact) mass is 332 g/mol. The number of nitrogens with one attached hydrogen (secondary N) is 1. The third-order valence-corrected chi connectivity index (χ3v) is 4.26. The molecule has 0 aromatic heterocycles. The number of nitrogens with zero attached hydrogens (tertiary/aromatic N) is 3. The maximum Gasteiger partial charge on any atom is 0.194 e. The molecule has 24 heavy (non-hydrogen) atoms. The van der Waals surface area contributed by atoms with Crippen LogP contribution in [0.15, 0.2) is 29.3 Å². The fourth-order valence-electron chi connectivity index (χ4n) is 2.98. The van der Waals surface area contributed by atoms with Crippen molar-refractivity contribution in [2.75, 3.05) is 53.4 Å². The first-order valence-electron chi connectivity index (χ1n) is 8.97. The highest BCUT2D eigenvalue weighted by Crippen LogP contribution is 2.24. The summed E-state index contributed by atoms with van der Waals surface area (Å²) in [4.78, 5) is 9.34. The van der Waals surface area contributed by atoms with Crippen molar-refractivity contribution in [3.8, 4) is 0 Å². The topological polar surface area (TPSA) is 40.1 Å². The van der Waals surface area contributed by atoms with E-state index in [9.17, 15) is 0 Å². The molecule has 5 heteroatoms. The van der Waals surface area contributed by atoms with Crippen molar-refractivity contribution >= 4 is 5.96 Å². The van der Waals surface area contributed by atoms with Gasteiger partial charge in [-0.15, -0.1) is 0 Å². The highest BCUT2D eigenvalue weighted by molar-refractivity contribution is 5.80. The van der Waals surface area contributed by atoms with Gasteiger partial charge in [0.05, 0.1) is 13.2 Å². The van der Waals surface area contributed by atoms with Crippen molar-refractivity contribution in [1.82, 2.24) is 15.1 Å². The van der Waals surface area contributed by atoms with Gasteiger partial charge in [-0.1, -0.05) is 24.3 Å². The number of aliphatic imine (C=N–C) groups is 1. The molecule has 5 nitrogen and oxygen atoms in total. The Labute approximate surface area is 146 Å². The molecule has 1 unspecified atom stereocenters. The first-order valence-corrected chi connectivity index (χ1v) is 8.97. The molecular formula is C19H32N4O. The fourth-order valence-corrected chi connectivity index (χ4v) is 2.98. The maximum absolute atomic E-state index is 6.03. The van der Waals surface area contributed by atoms with E-state index in [1.165, 1.54) is 11.1 Å². The van der Waals surface area contributed by atoms with Gasteiger partial charge < -0.3 is 19.9 Å².